The fourth-order valence-corrected chi connectivity index (χ4v) is 3.42. The van der Waals surface area contributed by atoms with Gasteiger partial charge in [-0.05, 0) is 49.3 Å². The molecule has 0 spiro atoms. The fourth-order valence-electron chi connectivity index (χ4n) is 2.88. The number of benzene rings is 1. The summed E-state index contributed by atoms with van der Waals surface area (Å²) in [6, 6.07) is 4.99. The van der Waals surface area contributed by atoms with E-state index >= 15 is 0 Å². The molecule has 1 aromatic carbocycles. The summed E-state index contributed by atoms with van der Waals surface area (Å²) < 4.78 is 28.3. The van der Waals surface area contributed by atoms with Crippen LogP contribution in [-0.4, -0.2) is 21.6 Å². The summed E-state index contributed by atoms with van der Waals surface area (Å²) in [5.74, 6) is 2.03. The molecule has 0 radical (unpaired) electrons. The van der Waals surface area contributed by atoms with Gasteiger partial charge in [-0.2, -0.15) is 0 Å². The van der Waals surface area contributed by atoms with Crippen LogP contribution in [0.2, 0.25) is 0 Å². The zero-order chi connectivity index (χ0) is 15.6. The molecule has 1 aliphatic rings. The number of ether oxygens (including phenoxy) is 1. The van der Waals surface area contributed by atoms with Crippen molar-refractivity contribution in [3.05, 3.63) is 18.2 Å². The number of anilines is 1. The first-order chi connectivity index (χ1) is 9.81. The summed E-state index contributed by atoms with van der Waals surface area (Å²) in [7, 11) is -2.13. The predicted molar refractivity (Wildman–Crippen MR) is 84.0 cm³/mol. The van der Waals surface area contributed by atoms with Crippen molar-refractivity contribution in [2.45, 2.75) is 44.0 Å². The second kappa shape index (κ2) is 6.23. The molecule has 5 nitrogen and oxygen atoms in total. The lowest BCUT2D eigenvalue weighted by molar-refractivity contribution is 0.260. The molecule has 21 heavy (non-hydrogen) atoms. The van der Waals surface area contributed by atoms with Crippen molar-refractivity contribution >= 4 is 15.7 Å². The molecule has 0 aromatic heterocycles. The number of rotatable bonds is 4. The maximum Gasteiger partial charge on any atom is 0.238 e. The second-order valence-electron chi connectivity index (χ2n) is 6.02. The minimum Gasteiger partial charge on any atom is -0.495 e. The van der Waals surface area contributed by atoms with Gasteiger partial charge in [0, 0.05) is 6.04 Å². The number of methoxy groups -OCH3 is 1. The van der Waals surface area contributed by atoms with E-state index in [-0.39, 0.29) is 4.90 Å². The van der Waals surface area contributed by atoms with E-state index in [0.717, 1.165) is 18.8 Å². The van der Waals surface area contributed by atoms with Gasteiger partial charge in [0.15, 0.2) is 0 Å². The van der Waals surface area contributed by atoms with E-state index in [4.69, 9.17) is 9.88 Å². The molecule has 3 unspecified atom stereocenters. The molecule has 0 saturated heterocycles. The Kier molecular flexibility index (Phi) is 4.78. The largest absolute Gasteiger partial charge is 0.495 e. The number of hydrogen-bond donors (Lipinski definition) is 2. The zero-order valence-corrected chi connectivity index (χ0v) is 13.6. The standard InChI is InChI=1S/C15H24N2O3S/c1-10-4-5-12(8-11(10)2)17-14-9-13(21(16,18)19)6-7-15(14)20-3/h6-7,9-12,17H,4-5,8H2,1-3H3,(H2,16,18,19). The van der Waals surface area contributed by atoms with Crippen LogP contribution < -0.4 is 15.2 Å². The van der Waals surface area contributed by atoms with Crippen LogP contribution in [0.5, 0.6) is 5.75 Å². The Morgan fingerprint density at radius 2 is 1.95 bits per heavy atom. The van der Waals surface area contributed by atoms with Gasteiger partial charge in [0.2, 0.25) is 10.0 Å². The molecular formula is C15H24N2O3S. The highest BCUT2D eigenvalue weighted by Gasteiger charge is 2.25. The predicted octanol–water partition coefficient (Wildman–Crippen LogP) is 2.58. The summed E-state index contributed by atoms with van der Waals surface area (Å²) in [5, 5.41) is 8.61. The Morgan fingerprint density at radius 1 is 1.24 bits per heavy atom. The fraction of sp³-hybridized carbons (Fsp3) is 0.600. The maximum atomic E-state index is 11.5. The number of hydrogen-bond acceptors (Lipinski definition) is 4. The van der Waals surface area contributed by atoms with Gasteiger partial charge in [0.25, 0.3) is 0 Å². The van der Waals surface area contributed by atoms with Crippen molar-refractivity contribution in [1.29, 1.82) is 0 Å². The van der Waals surface area contributed by atoms with E-state index < -0.39 is 10.0 Å². The van der Waals surface area contributed by atoms with Crippen molar-refractivity contribution in [3.8, 4) is 5.75 Å². The molecule has 2 rings (SSSR count). The zero-order valence-electron chi connectivity index (χ0n) is 12.8. The van der Waals surface area contributed by atoms with Gasteiger partial charge in [0.1, 0.15) is 5.75 Å². The van der Waals surface area contributed by atoms with Gasteiger partial charge >= 0.3 is 0 Å². The minimum absolute atomic E-state index is 0.100. The van der Waals surface area contributed by atoms with Crippen molar-refractivity contribution < 1.29 is 13.2 Å². The van der Waals surface area contributed by atoms with Gasteiger partial charge in [-0.1, -0.05) is 13.8 Å². The van der Waals surface area contributed by atoms with Gasteiger partial charge in [0.05, 0.1) is 17.7 Å². The third-order valence-electron chi connectivity index (χ3n) is 4.46. The normalized spacial score (nSPS) is 26.4. The molecule has 0 bridgehead atoms. The molecule has 0 aliphatic heterocycles. The monoisotopic (exact) mass is 312 g/mol. The molecule has 1 saturated carbocycles. The summed E-state index contributed by atoms with van der Waals surface area (Å²) in [4.78, 5) is 0.100. The van der Waals surface area contributed by atoms with Crippen LogP contribution in [0.1, 0.15) is 33.1 Å². The quantitative estimate of drug-likeness (QED) is 0.895. The van der Waals surface area contributed by atoms with E-state index in [1.165, 1.54) is 12.5 Å². The Labute approximate surface area is 126 Å². The van der Waals surface area contributed by atoms with Gasteiger partial charge in [-0.25, -0.2) is 13.6 Å². The SMILES string of the molecule is COc1ccc(S(N)(=O)=O)cc1NC1CCC(C)C(C)C1. The van der Waals surface area contributed by atoms with E-state index in [1.54, 1.807) is 19.2 Å². The number of primary sulfonamides is 1. The van der Waals surface area contributed by atoms with Crippen LogP contribution in [0.15, 0.2) is 23.1 Å². The summed E-state index contributed by atoms with van der Waals surface area (Å²) in [6.45, 7) is 4.54. The molecule has 1 aliphatic carbocycles. The molecule has 0 heterocycles. The Balaban J connectivity index is 2.22. The lowest BCUT2D eigenvalue weighted by Crippen LogP contribution is -2.30. The maximum absolute atomic E-state index is 11.5. The van der Waals surface area contributed by atoms with Crippen LogP contribution in [0.25, 0.3) is 0 Å². The highest BCUT2D eigenvalue weighted by molar-refractivity contribution is 7.89. The topological polar surface area (TPSA) is 81.4 Å². The number of sulfonamides is 1. The Morgan fingerprint density at radius 3 is 2.52 bits per heavy atom. The number of nitrogens with one attached hydrogen (secondary N) is 1. The van der Waals surface area contributed by atoms with Crippen molar-refractivity contribution in [2.24, 2.45) is 17.0 Å². The van der Waals surface area contributed by atoms with Gasteiger partial charge in [-0.3, -0.25) is 0 Å². The molecule has 6 heteroatoms. The molecule has 3 atom stereocenters. The van der Waals surface area contributed by atoms with Crippen LogP contribution in [0.3, 0.4) is 0 Å². The van der Waals surface area contributed by atoms with Crippen molar-refractivity contribution in [2.75, 3.05) is 12.4 Å². The summed E-state index contributed by atoms with van der Waals surface area (Å²) in [5.41, 5.74) is 0.691. The van der Waals surface area contributed by atoms with Gasteiger partial charge < -0.3 is 10.1 Å². The molecule has 0 amide bonds. The average molecular weight is 312 g/mol. The van der Waals surface area contributed by atoms with Crippen LogP contribution in [0, 0.1) is 11.8 Å². The molecule has 1 aromatic rings. The minimum atomic E-state index is -3.71. The second-order valence-corrected chi connectivity index (χ2v) is 7.58. The first kappa shape index (κ1) is 16.1. The lowest BCUT2D eigenvalue weighted by atomic mass is 9.79. The first-order valence-electron chi connectivity index (χ1n) is 7.28. The van der Waals surface area contributed by atoms with E-state index in [9.17, 15) is 8.42 Å². The van der Waals surface area contributed by atoms with Crippen molar-refractivity contribution in [3.63, 3.8) is 0 Å². The van der Waals surface area contributed by atoms with Crippen LogP contribution in [-0.2, 0) is 10.0 Å². The van der Waals surface area contributed by atoms with Crippen molar-refractivity contribution in [1.82, 2.24) is 0 Å². The molecule has 118 valence electrons. The Hall–Kier alpha value is -1.27. The highest BCUT2D eigenvalue weighted by Crippen LogP contribution is 2.34. The van der Waals surface area contributed by atoms with Crippen LogP contribution in [0.4, 0.5) is 5.69 Å². The third-order valence-corrected chi connectivity index (χ3v) is 5.37. The number of nitrogens with two attached hydrogens (primary N) is 1. The van der Waals surface area contributed by atoms with E-state index in [0.29, 0.717) is 23.4 Å². The molecular weight excluding hydrogens is 288 g/mol. The third kappa shape index (κ3) is 3.89. The highest BCUT2D eigenvalue weighted by atomic mass is 32.2. The Bertz CT molecular complexity index is 601. The van der Waals surface area contributed by atoms with Gasteiger partial charge in [-0.15, -0.1) is 0 Å². The first-order valence-corrected chi connectivity index (χ1v) is 8.83. The van der Waals surface area contributed by atoms with E-state index in [2.05, 4.69) is 19.2 Å². The summed E-state index contributed by atoms with van der Waals surface area (Å²) >= 11 is 0. The summed E-state index contributed by atoms with van der Waals surface area (Å²) in [6.07, 6.45) is 3.33. The van der Waals surface area contributed by atoms with Crippen LogP contribution >= 0.6 is 0 Å². The molecule has 1 fully saturated rings. The average Bonchev–Trinajstić information content (AvgIpc) is 2.42. The lowest BCUT2D eigenvalue weighted by Gasteiger charge is -2.33. The molecule has 3 N–H and O–H groups in total. The smallest absolute Gasteiger partial charge is 0.238 e. The van der Waals surface area contributed by atoms with E-state index in [1.807, 2.05) is 0 Å².